The maximum atomic E-state index is 13.0. The average molecular weight is 219 g/mol. The summed E-state index contributed by atoms with van der Waals surface area (Å²) in [4.78, 5) is 13.7. The third kappa shape index (κ3) is 2.85. The summed E-state index contributed by atoms with van der Waals surface area (Å²) in [6.45, 7) is 0.121. The highest BCUT2D eigenvalue weighted by Crippen LogP contribution is 2.22. The Morgan fingerprint density at radius 2 is 2.36 bits per heavy atom. The summed E-state index contributed by atoms with van der Waals surface area (Å²) in [5.41, 5.74) is 0.0860. The zero-order chi connectivity index (χ0) is 10.6. The van der Waals surface area contributed by atoms with Gasteiger partial charge in [0.2, 0.25) is 0 Å². The van der Waals surface area contributed by atoms with Crippen molar-refractivity contribution in [2.24, 2.45) is 0 Å². The Bertz CT molecular complexity index is 326. The molecule has 0 aliphatic heterocycles. The monoisotopic (exact) mass is 218 g/mol. The number of hydrogen-bond donors (Lipinski definition) is 2. The molecule has 4 nitrogen and oxygen atoms in total. The van der Waals surface area contributed by atoms with Gasteiger partial charge in [0.1, 0.15) is 0 Å². The number of anilines is 1. The third-order valence-corrected chi connectivity index (χ3v) is 1.78. The maximum Gasteiger partial charge on any atom is 0.305 e. The molecule has 0 atom stereocenters. The van der Waals surface area contributed by atoms with Crippen LogP contribution >= 0.6 is 11.6 Å². The van der Waals surface area contributed by atoms with Crippen LogP contribution in [0.4, 0.5) is 10.1 Å². The summed E-state index contributed by atoms with van der Waals surface area (Å²) >= 11 is 5.63. The van der Waals surface area contributed by atoms with Crippen LogP contribution in [0.25, 0.3) is 0 Å². The van der Waals surface area contributed by atoms with E-state index in [0.717, 1.165) is 6.20 Å². The zero-order valence-electron chi connectivity index (χ0n) is 7.13. The number of aliphatic carboxylic acids is 1. The minimum absolute atomic E-state index is 0.0860. The Kier molecular flexibility index (Phi) is 3.64. The fraction of sp³-hybridized carbons (Fsp3) is 0.250. The van der Waals surface area contributed by atoms with Gasteiger partial charge in [0.05, 0.1) is 23.3 Å². The van der Waals surface area contributed by atoms with Crippen LogP contribution in [0, 0.1) is 5.82 Å². The van der Waals surface area contributed by atoms with E-state index in [1.54, 1.807) is 0 Å². The molecule has 14 heavy (non-hydrogen) atoms. The summed E-state index contributed by atoms with van der Waals surface area (Å²) in [6, 6.07) is 0. The average Bonchev–Trinajstić information content (AvgIpc) is 2.09. The second kappa shape index (κ2) is 4.76. The topological polar surface area (TPSA) is 62.2 Å². The number of carboxylic acids is 1. The SMILES string of the molecule is O=C(O)CCNc1c(F)cncc1Cl. The van der Waals surface area contributed by atoms with E-state index in [0.29, 0.717) is 0 Å². The molecule has 1 aromatic rings. The van der Waals surface area contributed by atoms with Crippen molar-refractivity contribution in [1.29, 1.82) is 0 Å². The summed E-state index contributed by atoms with van der Waals surface area (Å²) in [5.74, 6) is -1.55. The largest absolute Gasteiger partial charge is 0.481 e. The minimum atomic E-state index is -0.955. The molecule has 0 aliphatic rings. The van der Waals surface area contributed by atoms with Gasteiger partial charge < -0.3 is 10.4 Å². The highest BCUT2D eigenvalue weighted by molar-refractivity contribution is 6.33. The first-order chi connectivity index (χ1) is 6.61. The van der Waals surface area contributed by atoms with Gasteiger partial charge in [-0.05, 0) is 0 Å². The Balaban J connectivity index is 2.62. The van der Waals surface area contributed by atoms with Gasteiger partial charge in [0.25, 0.3) is 0 Å². The number of hydrogen-bond acceptors (Lipinski definition) is 3. The smallest absolute Gasteiger partial charge is 0.305 e. The van der Waals surface area contributed by atoms with Gasteiger partial charge in [-0.3, -0.25) is 9.78 Å². The van der Waals surface area contributed by atoms with Gasteiger partial charge in [-0.25, -0.2) is 4.39 Å². The highest BCUT2D eigenvalue weighted by Gasteiger charge is 2.07. The summed E-state index contributed by atoms with van der Waals surface area (Å²) in [7, 11) is 0. The molecule has 1 rings (SSSR count). The van der Waals surface area contributed by atoms with Crippen LogP contribution in [0.15, 0.2) is 12.4 Å². The van der Waals surface area contributed by atoms with Gasteiger partial charge in [-0.2, -0.15) is 0 Å². The van der Waals surface area contributed by atoms with Crippen LogP contribution in [0.3, 0.4) is 0 Å². The van der Waals surface area contributed by atoms with Crippen molar-refractivity contribution < 1.29 is 14.3 Å². The molecule has 1 aromatic heterocycles. The predicted molar refractivity (Wildman–Crippen MR) is 49.9 cm³/mol. The van der Waals surface area contributed by atoms with Gasteiger partial charge in [0.15, 0.2) is 5.82 Å². The molecule has 0 spiro atoms. The number of rotatable bonds is 4. The van der Waals surface area contributed by atoms with Crippen LogP contribution in [0.5, 0.6) is 0 Å². The first-order valence-electron chi connectivity index (χ1n) is 3.86. The molecule has 0 aliphatic carbocycles. The first kappa shape index (κ1) is 10.7. The molecule has 0 aromatic carbocycles. The Morgan fingerprint density at radius 3 is 2.93 bits per heavy atom. The molecule has 0 saturated heterocycles. The number of halogens is 2. The van der Waals surface area contributed by atoms with Crippen molar-refractivity contribution in [2.75, 3.05) is 11.9 Å². The number of aromatic nitrogens is 1. The number of carbonyl (C=O) groups is 1. The van der Waals surface area contributed by atoms with Gasteiger partial charge in [0, 0.05) is 12.7 Å². The van der Waals surface area contributed by atoms with E-state index < -0.39 is 11.8 Å². The number of carboxylic acid groups (broad SMARTS) is 1. The summed E-state index contributed by atoms with van der Waals surface area (Å²) < 4.78 is 13.0. The van der Waals surface area contributed by atoms with Gasteiger partial charge in [-0.1, -0.05) is 11.6 Å². The second-order valence-electron chi connectivity index (χ2n) is 2.55. The van der Waals surface area contributed by atoms with Crippen molar-refractivity contribution in [1.82, 2.24) is 4.98 Å². The summed E-state index contributed by atoms with van der Waals surface area (Å²) in [5, 5.41) is 11.1. The lowest BCUT2D eigenvalue weighted by atomic mass is 10.3. The van der Waals surface area contributed by atoms with Crippen molar-refractivity contribution >= 4 is 23.3 Å². The van der Waals surface area contributed by atoms with E-state index >= 15 is 0 Å². The zero-order valence-corrected chi connectivity index (χ0v) is 7.88. The van der Waals surface area contributed by atoms with Crippen LogP contribution in [-0.4, -0.2) is 22.6 Å². The molecule has 0 amide bonds. The normalized spacial score (nSPS) is 9.86. The van der Waals surface area contributed by atoms with Crippen molar-refractivity contribution in [3.8, 4) is 0 Å². The van der Waals surface area contributed by atoms with Crippen molar-refractivity contribution in [3.63, 3.8) is 0 Å². The fourth-order valence-electron chi connectivity index (χ4n) is 0.875. The Morgan fingerprint density at radius 1 is 1.64 bits per heavy atom. The quantitative estimate of drug-likeness (QED) is 0.809. The van der Waals surface area contributed by atoms with E-state index in [1.807, 2.05) is 0 Å². The van der Waals surface area contributed by atoms with Gasteiger partial charge >= 0.3 is 5.97 Å². The molecule has 6 heteroatoms. The van der Waals surface area contributed by atoms with Crippen molar-refractivity contribution in [2.45, 2.75) is 6.42 Å². The third-order valence-electron chi connectivity index (χ3n) is 1.49. The number of pyridine rings is 1. The fourth-order valence-corrected chi connectivity index (χ4v) is 1.09. The lowest BCUT2D eigenvalue weighted by Gasteiger charge is -2.06. The maximum absolute atomic E-state index is 13.0. The second-order valence-corrected chi connectivity index (χ2v) is 2.96. The first-order valence-corrected chi connectivity index (χ1v) is 4.23. The molecule has 1 heterocycles. The van der Waals surface area contributed by atoms with Crippen molar-refractivity contribution in [3.05, 3.63) is 23.2 Å². The van der Waals surface area contributed by atoms with E-state index in [4.69, 9.17) is 16.7 Å². The molecular weight excluding hydrogens is 211 g/mol. The summed E-state index contributed by atoms with van der Waals surface area (Å²) in [6.07, 6.45) is 2.20. The van der Waals surface area contributed by atoms with Crippen LogP contribution < -0.4 is 5.32 Å². The highest BCUT2D eigenvalue weighted by atomic mass is 35.5. The van der Waals surface area contributed by atoms with Crippen LogP contribution in [-0.2, 0) is 4.79 Å². The van der Waals surface area contributed by atoms with E-state index in [2.05, 4.69) is 10.3 Å². The standard InChI is InChI=1S/C8H8ClFN2O2/c9-5-3-11-4-6(10)8(5)12-2-1-7(13)14/h3-4H,1-2H2,(H,11,12)(H,13,14). The lowest BCUT2D eigenvalue weighted by molar-refractivity contribution is -0.136. The Labute approximate surface area is 84.7 Å². The molecule has 0 saturated carbocycles. The minimum Gasteiger partial charge on any atom is -0.481 e. The molecule has 0 unspecified atom stereocenters. The molecule has 0 bridgehead atoms. The lowest BCUT2D eigenvalue weighted by Crippen LogP contribution is -2.09. The molecule has 0 fully saturated rings. The van der Waals surface area contributed by atoms with Crippen LogP contribution in [0.2, 0.25) is 5.02 Å². The molecule has 0 radical (unpaired) electrons. The number of nitrogens with zero attached hydrogens (tertiary/aromatic N) is 1. The molecule has 76 valence electrons. The van der Waals surface area contributed by atoms with E-state index in [1.165, 1.54) is 6.20 Å². The molecule has 2 N–H and O–H groups in total. The Hall–Kier alpha value is -1.36. The van der Waals surface area contributed by atoms with E-state index in [-0.39, 0.29) is 23.7 Å². The van der Waals surface area contributed by atoms with E-state index in [9.17, 15) is 9.18 Å². The molecular formula is C8H8ClFN2O2. The van der Waals surface area contributed by atoms with Gasteiger partial charge in [-0.15, -0.1) is 0 Å². The van der Waals surface area contributed by atoms with Crippen LogP contribution in [0.1, 0.15) is 6.42 Å². The predicted octanol–water partition coefficient (Wildman–Crippen LogP) is 1.76. The number of nitrogens with one attached hydrogen (secondary N) is 1.